The Bertz CT molecular complexity index is 1460. The Morgan fingerprint density at radius 3 is 2.73 bits per heavy atom. The standard InChI is InChI=1S/C27H32N6O4/c1-17-11-13-36-26-19(23(16-34)29-32(26)3)8-9-22-20-14-18(21-15-28-31(2)27(21)37-17)7-10-24(20)33(30-22)25-6-4-5-12-35-25/h7-10,14-15,17,25,34H,4-6,11-13,16H2,1-3H3/b9-8+. The van der Waals surface area contributed by atoms with Gasteiger partial charge in [0, 0.05) is 32.5 Å². The smallest absolute Gasteiger partial charge is 0.219 e. The van der Waals surface area contributed by atoms with Crippen LogP contribution in [0.4, 0.5) is 0 Å². The van der Waals surface area contributed by atoms with E-state index in [1.54, 1.807) is 9.36 Å². The van der Waals surface area contributed by atoms with Crippen LogP contribution in [0.25, 0.3) is 34.2 Å². The van der Waals surface area contributed by atoms with E-state index in [2.05, 4.69) is 28.4 Å². The highest BCUT2D eigenvalue weighted by molar-refractivity contribution is 5.93. The van der Waals surface area contributed by atoms with Crippen LogP contribution in [0.5, 0.6) is 11.8 Å². The molecule has 0 amide bonds. The lowest BCUT2D eigenvalue weighted by atomic mass is 10.0. The molecular weight excluding hydrogens is 472 g/mol. The number of rotatable bonds is 2. The van der Waals surface area contributed by atoms with Gasteiger partial charge in [-0.1, -0.05) is 6.07 Å². The second kappa shape index (κ2) is 9.68. The van der Waals surface area contributed by atoms with Gasteiger partial charge in [-0.3, -0.25) is 0 Å². The van der Waals surface area contributed by atoms with E-state index in [4.69, 9.17) is 19.3 Å². The minimum atomic E-state index is -0.187. The van der Waals surface area contributed by atoms with Crippen molar-refractivity contribution in [3.05, 3.63) is 41.3 Å². The van der Waals surface area contributed by atoms with Gasteiger partial charge < -0.3 is 19.3 Å². The average Bonchev–Trinajstić information content (AvgIpc) is 3.55. The number of aliphatic hydroxyl groups excluding tert-OH is 1. The van der Waals surface area contributed by atoms with Crippen molar-refractivity contribution in [2.75, 3.05) is 13.2 Å². The van der Waals surface area contributed by atoms with Crippen LogP contribution in [-0.4, -0.2) is 53.8 Å². The molecule has 2 aliphatic heterocycles. The minimum absolute atomic E-state index is 0.0988. The first kappa shape index (κ1) is 23.7. The van der Waals surface area contributed by atoms with Crippen molar-refractivity contribution in [3.8, 4) is 22.9 Å². The first-order chi connectivity index (χ1) is 18.0. The second-order valence-corrected chi connectivity index (χ2v) is 9.72. The van der Waals surface area contributed by atoms with Gasteiger partial charge in [0.1, 0.15) is 6.10 Å². The first-order valence-electron chi connectivity index (χ1n) is 12.8. The highest BCUT2D eigenvalue weighted by atomic mass is 16.5. The molecule has 2 unspecified atom stereocenters. The van der Waals surface area contributed by atoms with E-state index >= 15 is 0 Å². The number of aryl methyl sites for hydroxylation is 2. The monoisotopic (exact) mass is 504 g/mol. The molecule has 0 spiro atoms. The molecule has 37 heavy (non-hydrogen) atoms. The van der Waals surface area contributed by atoms with Crippen molar-refractivity contribution in [1.29, 1.82) is 0 Å². The van der Waals surface area contributed by atoms with Gasteiger partial charge in [0.05, 0.1) is 47.4 Å². The van der Waals surface area contributed by atoms with E-state index in [0.29, 0.717) is 30.5 Å². The molecule has 1 N–H and O–H groups in total. The van der Waals surface area contributed by atoms with Crippen molar-refractivity contribution in [1.82, 2.24) is 29.3 Å². The van der Waals surface area contributed by atoms with Gasteiger partial charge in [0.25, 0.3) is 0 Å². The molecule has 0 saturated carbocycles. The highest BCUT2D eigenvalue weighted by Gasteiger charge is 2.23. The van der Waals surface area contributed by atoms with E-state index < -0.39 is 0 Å². The normalized spacial score (nSPS) is 21.0. The number of hydrogen-bond donors (Lipinski definition) is 1. The summed E-state index contributed by atoms with van der Waals surface area (Å²) < 4.78 is 24.0. The molecule has 1 saturated heterocycles. The maximum absolute atomic E-state index is 9.97. The zero-order valence-corrected chi connectivity index (χ0v) is 21.4. The third-order valence-corrected chi connectivity index (χ3v) is 7.10. The molecule has 0 aliphatic carbocycles. The van der Waals surface area contributed by atoms with E-state index in [0.717, 1.165) is 59.2 Å². The fourth-order valence-electron chi connectivity index (χ4n) is 5.12. The molecule has 1 fully saturated rings. The van der Waals surface area contributed by atoms with Gasteiger partial charge in [0.2, 0.25) is 11.8 Å². The fraction of sp³-hybridized carbons (Fsp3) is 0.444. The summed E-state index contributed by atoms with van der Waals surface area (Å²) >= 11 is 0. The Morgan fingerprint density at radius 1 is 1.03 bits per heavy atom. The van der Waals surface area contributed by atoms with Crippen LogP contribution in [0.15, 0.2) is 24.4 Å². The lowest BCUT2D eigenvalue weighted by Crippen LogP contribution is -2.19. The number of aliphatic hydroxyl groups is 1. The lowest BCUT2D eigenvalue weighted by molar-refractivity contribution is -0.0367. The number of ether oxygens (including phenoxy) is 3. The molecule has 2 bridgehead atoms. The van der Waals surface area contributed by atoms with E-state index in [9.17, 15) is 5.11 Å². The largest absolute Gasteiger partial charge is 0.477 e. The molecule has 0 radical (unpaired) electrons. The van der Waals surface area contributed by atoms with Gasteiger partial charge in [-0.05, 0) is 56.0 Å². The van der Waals surface area contributed by atoms with Gasteiger partial charge in [-0.25, -0.2) is 14.0 Å². The van der Waals surface area contributed by atoms with Crippen molar-refractivity contribution >= 4 is 23.1 Å². The topological polar surface area (TPSA) is 101 Å². The molecule has 2 atom stereocenters. The predicted molar refractivity (Wildman–Crippen MR) is 139 cm³/mol. The van der Waals surface area contributed by atoms with Gasteiger partial charge >= 0.3 is 0 Å². The van der Waals surface area contributed by atoms with Crippen LogP contribution >= 0.6 is 0 Å². The number of nitrogens with zero attached hydrogens (tertiary/aromatic N) is 6. The summed E-state index contributed by atoms with van der Waals surface area (Å²) in [7, 11) is 3.71. The molecule has 10 heteroatoms. The third-order valence-electron chi connectivity index (χ3n) is 7.10. The molecule has 4 aromatic rings. The summed E-state index contributed by atoms with van der Waals surface area (Å²) in [6, 6.07) is 6.34. The predicted octanol–water partition coefficient (Wildman–Crippen LogP) is 4.08. The molecule has 6 rings (SSSR count). The number of benzene rings is 1. The van der Waals surface area contributed by atoms with Crippen molar-refractivity contribution in [2.24, 2.45) is 14.1 Å². The summed E-state index contributed by atoms with van der Waals surface area (Å²) in [5.74, 6) is 1.31. The molecular formula is C27H32N6O4. The van der Waals surface area contributed by atoms with Crippen molar-refractivity contribution in [2.45, 2.75) is 51.5 Å². The van der Waals surface area contributed by atoms with Crippen LogP contribution in [0, 0.1) is 0 Å². The molecule has 3 aromatic heterocycles. The van der Waals surface area contributed by atoms with Crippen LogP contribution in [0.1, 0.15) is 55.8 Å². The Balaban J connectivity index is 1.55. The summed E-state index contributed by atoms with van der Waals surface area (Å²) in [5.41, 5.74) is 5.04. The summed E-state index contributed by atoms with van der Waals surface area (Å²) in [6.45, 7) is 3.01. The van der Waals surface area contributed by atoms with Gasteiger partial charge in [-0.2, -0.15) is 15.3 Å². The number of aromatic nitrogens is 6. The molecule has 194 valence electrons. The summed E-state index contributed by atoms with van der Waals surface area (Å²) in [5, 5.41) is 24.9. The van der Waals surface area contributed by atoms with Crippen molar-refractivity contribution < 1.29 is 19.3 Å². The molecule has 1 aromatic carbocycles. The maximum atomic E-state index is 9.97. The zero-order valence-electron chi connectivity index (χ0n) is 21.4. The quantitative estimate of drug-likeness (QED) is 0.439. The van der Waals surface area contributed by atoms with E-state index in [1.165, 1.54) is 0 Å². The summed E-state index contributed by atoms with van der Waals surface area (Å²) in [4.78, 5) is 0. The van der Waals surface area contributed by atoms with Crippen LogP contribution in [0.2, 0.25) is 0 Å². The highest BCUT2D eigenvalue weighted by Crippen LogP contribution is 2.36. The third kappa shape index (κ3) is 4.30. The first-order valence-corrected chi connectivity index (χ1v) is 12.8. The van der Waals surface area contributed by atoms with Crippen molar-refractivity contribution in [3.63, 3.8) is 0 Å². The number of hydrogen-bond acceptors (Lipinski definition) is 7. The lowest BCUT2D eigenvalue weighted by Gasteiger charge is -2.23. The van der Waals surface area contributed by atoms with E-state index in [1.807, 2.05) is 44.0 Å². The van der Waals surface area contributed by atoms with Crippen LogP contribution in [-0.2, 0) is 25.4 Å². The minimum Gasteiger partial charge on any atom is -0.477 e. The Morgan fingerprint density at radius 2 is 1.92 bits per heavy atom. The van der Waals surface area contributed by atoms with Gasteiger partial charge in [0.15, 0.2) is 6.23 Å². The Labute approximate surface area is 215 Å². The zero-order chi connectivity index (χ0) is 25.5. The molecule has 5 heterocycles. The molecule has 10 nitrogen and oxygen atoms in total. The Kier molecular flexibility index (Phi) is 6.21. The maximum Gasteiger partial charge on any atom is 0.219 e. The number of fused-ring (bicyclic) bond motifs is 4. The summed E-state index contributed by atoms with van der Waals surface area (Å²) in [6.07, 6.45) is 9.32. The average molecular weight is 505 g/mol. The molecule has 2 aliphatic rings. The second-order valence-electron chi connectivity index (χ2n) is 9.72. The van der Waals surface area contributed by atoms with Crippen LogP contribution < -0.4 is 9.47 Å². The Hall–Kier alpha value is -3.63. The van der Waals surface area contributed by atoms with Crippen LogP contribution in [0.3, 0.4) is 0 Å². The SMILES string of the molecule is CC1CCOc2c(c(CO)nn2C)/C=C/c2nn(C3CCCCO3)c3ccc(cc23)-c2cnn(C)c2O1. The fourth-order valence-corrected chi connectivity index (χ4v) is 5.12. The van der Waals surface area contributed by atoms with Gasteiger partial charge in [-0.15, -0.1) is 0 Å². The van der Waals surface area contributed by atoms with E-state index in [-0.39, 0.29) is 18.9 Å².